The predicted octanol–water partition coefficient (Wildman–Crippen LogP) is 4.68. The Balaban J connectivity index is 1.26. The molecule has 5 rings (SSSR count). The van der Waals surface area contributed by atoms with Crippen LogP contribution in [0.3, 0.4) is 0 Å². The number of nitrogens with one attached hydrogen (secondary N) is 1. The van der Waals surface area contributed by atoms with E-state index in [2.05, 4.69) is 20.6 Å². The summed E-state index contributed by atoms with van der Waals surface area (Å²) in [6, 6.07) is 15.7. The van der Waals surface area contributed by atoms with Crippen molar-refractivity contribution in [1.29, 1.82) is 0 Å². The fourth-order valence-corrected chi connectivity index (χ4v) is 4.99. The van der Waals surface area contributed by atoms with E-state index in [0.717, 1.165) is 65.8 Å². The van der Waals surface area contributed by atoms with Gasteiger partial charge in [0.15, 0.2) is 0 Å². The lowest BCUT2D eigenvalue weighted by atomic mass is 9.91. The maximum Gasteiger partial charge on any atom is 0.223 e. The maximum atomic E-state index is 13.2. The van der Waals surface area contributed by atoms with Crippen molar-refractivity contribution in [3.05, 3.63) is 75.7 Å². The van der Waals surface area contributed by atoms with Crippen molar-refractivity contribution in [2.75, 3.05) is 13.1 Å². The van der Waals surface area contributed by atoms with Crippen molar-refractivity contribution < 1.29 is 9.53 Å². The highest BCUT2D eigenvalue weighted by atomic mass is 32.1. The van der Waals surface area contributed by atoms with Crippen LogP contribution < -0.4 is 10.1 Å². The van der Waals surface area contributed by atoms with E-state index in [1.54, 1.807) is 11.3 Å². The number of amides is 1. The zero-order valence-electron chi connectivity index (χ0n) is 17.0. The van der Waals surface area contributed by atoms with E-state index < -0.39 is 0 Å². The first-order valence-electron chi connectivity index (χ1n) is 10.5. The van der Waals surface area contributed by atoms with Crippen molar-refractivity contribution in [3.8, 4) is 11.5 Å². The standard InChI is InChI=1S/C24H25N3O2S/c1-16-25-18(15-30-16)14-27-12-10-17(11-13-27)24(28)26-23-19-6-2-4-8-21(19)29-22-9-5-3-7-20(22)23/h2-9,15,17,23H,10-14H2,1H3,(H,26,28). The van der Waals surface area contributed by atoms with Gasteiger partial charge in [-0.1, -0.05) is 36.4 Å². The normalized spacial score (nSPS) is 17.1. The second kappa shape index (κ2) is 8.20. The van der Waals surface area contributed by atoms with Gasteiger partial charge < -0.3 is 10.1 Å². The van der Waals surface area contributed by atoms with Crippen LogP contribution in [0.5, 0.6) is 11.5 Å². The van der Waals surface area contributed by atoms with E-state index in [9.17, 15) is 4.79 Å². The lowest BCUT2D eigenvalue weighted by Crippen LogP contribution is -2.42. The van der Waals surface area contributed by atoms with Gasteiger partial charge in [-0.15, -0.1) is 11.3 Å². The third kappa shape index (κ3) is 3.85. The van der Waals surface area contributed by atoms with Gasteiger partial charge in [-0.05, 0) is 45.0 Å². The molecule has 3 heterocycles. The summed E-state index contributed by atoms with van der Waals surface area (Å²) < 4.78 is 6.04. The molecule has 0 spiro atoms. The molecule has 2 aliphatic heterocycles. The van der Waals surface area contributed by atoms with Crippen molar-refractivity contribution in [3.63, 3.8) is 0 Å². The molecule has 1 amide bonds. The molecule has 0 aliphatic carbocycles. The van der Waals surface area contributed by atoms with E-state index in [1.807, 2.05) is 55.5 Å². The van der Waals surface area contributed by atoms with E-state index in [-0.39, 0.29) is 17.9 Å². The van der Waals surface area contributed by atoms with Crippen LogP contribution in [0.15, 0.2) is 53.9 Å². The lowest BCUT2D eigenvalue weighted by Gasteiger charge is -2.33. The highest BCUT2D eigenvalue weighted by Crippen LogP contribution is 2.42. The summed E-state index contributed by atoms with van der Waals surface area (Å²) in [5.41, 5.74) is 3.16. The highest BCUT2D eigenvalue weighted by Gasteiger charge is 2.31. The molecule has 5 nitrogen and oxygen atoms in total. The number of hydrogen-bond acceptors (Lipinski definition) is 5. The van der Waals surface area contributed by atoms with Crippen molar-refractivity contribution >= 4 is 17.2 Å². The van der Waals surface area contributed by atoms with Crippen LogP contribution in [0.2, 0.25) is 0 Å². The highest BCUT2D eigenvalue weighted by molar-refractivity contribution is 7.09. The van der Waals surface area contributed by atoms with Crippen molar-refractivity contribution in [2.45, 2.75) is 32.4 Å². The number of piperidine rings is 1. The van der Waals surface area contributed by atoms with Gasteiger partial charge in [0.2, 0.25) is 5.91 Å². The number of aryl methyl sites for hydroxylation is 1. The van der Waals surface area contributed by atoms with E-state index in [1.165, 1.54) is 0 Å². The number of hydrogen-bond donors (Lipinski definition) is 1. The van der Waals surface area contributed by atoms with E-state index in [0.29, 0.717) is 0 Å². The fourth-order valence-electron chi connectivity index (χ4n) is 4.39. The van der Waals surface area contributed by atoms with Gasteiger partial charge in [-0.2, -0.15) is 0 Å². The molecule has 0 radical (unpaired) electrons. The number of aromatic nitrogens is 1. The van der Waals surface area contributed by atoms with Crippen LogP contribution in [0.4, 0.5) is 0 Å². The second-order valence-electron chi connectivity index (χ2n) is 8.03. The van der Waals surface area contributed by atoms with Gasteiger partial charge in [0.25, 0.3) is 0 Å². The largest absolute Gasteiger partial charge is 0.457 e. The maximum absolute atomic E-state index is 13.2. The molecule has 0 atom stereocenters. The lowest BCUT2D eigenvalue weighted by molar-refractivity contribution is -0.127. The van der Waals surface area contributed by atoms with Gasteiger partial charge in [-0.3, -0.25) is 9.69 Å². The minimum absolute atomic E-state index is 0.0422. The molecule has 30 heavy (non-hydrogen) atoms. The number of nitrogens with zero attached hydrogens (tertiary/aromatic N) is 2. The van der Waals surface area contributed by atoms with E-state index in [4.69, 9.17) is 4.74 Å². The Morgan fingerprint density at radius 2 is 1.73 bits per heavy atom. The Labute approximate surface area is 180 Å². The van der Waals surface area contributed by atoms with Crippen LogP contribution in [0, 0.1) is 12.8 Å². The van der Waals surface area contributed by atoms with Crippen molar-refractivity contribution in [1.82, 2.24) is 15.2 Å². The summed E-state index contributed by atoms with van der Waals surface area (Å²) in [6.45, 7) is 4.77. The molecule has 1 fully saturated rings. The number of ether oxygens (including phenoxy) is 1. The first kappa shape index (κ1) is 19.3. The smallest absolute Gasteiger partial charge is 0.223 e. The van der Waals surface area contributed by atoms with Crippen LogP contribution in [-0.4, -0.2) is 28.9 Å². The molecule has 1 N–H and O–H groups in total. The Hall–Kier alpha value is -2.70. The summed E-state index contributed by atoms with van der Waals surface area (Å²) in [4.78, 5) is 20.1. The number of benzene rings is 2. The minimum atomic E-state index is -0.172. The molecule has 0 bridgehead atoms. The van der Waals surface area contributed by atoms with Gasteiger partial charge in [0.05, 0.1) is 16.7 Å². The van der Waals surface area contributed by atoms with Crippen molar-refractivity contribution in [2.24, 2.45) is 5.92 Å². The summed E-state index contributed by atoms with van der Waals surface area (Å²) in [5.74, 6) is 1.81. The molecule has 2 aliphatic rings. The van der Waals surface area contributed by atoms with Gasteiger partial charge in [0, 0.05) is 29.0 Å². The molecule has 0 saturated carbocycles. The Morgan fingerprint density at radius 1 is 1.10 bits per heavy atom. The molecular formula is C24H25N3O2S. The SMILES string of the molecule is Cc1nc(CN2CCC(C(=O)NC3c4ccccc4Oc4ccccc43)CC2)cs1. The number of para-hydroxylation sites is 2. The number of rotatable bonds is 4. The molecule has 2 aromatic carbocycles. The third-order valence-electron chi connectivity index (χ3n) is 5.98. The zero-order valence-corrected chi connectivity index (χ0v) is 17.8. The number of fused-ring (bicyclic) bond motifs is 2. The van der Waals surface area contributed by atoms with Crippen LogP contribution >= 0.6 is 11.3 Å². The molecule has 0 unspecified atom stereocenters. The van der Waals surface area contributed by atoms with Crippen LogP contribution in [0.25, 0.3) is 0 Å². The van der Waals surface area contributed by atoms with Gasteiger partial charge >= 0.3 is 0 Å². The predicted molar refractivity (Wildman–Crippen MR) is 118 cm³/mol. The molecule has 1 aromatic heterocycles. The first-order chi connectivity index (χ1) is 14.7. The van der Waals surface area contributed by atoms with Gasteiger partial charge in [-0.25, -0.2) is 4.98 Å². The van der Waals surface area contributed by atoms with Crippen LogP contribution in [-0.2, 0) is 11.3 Å². The Bertz CT molecular complexity index is 1010. The quantitative estimate of drug-likeness (QED) is 0.667. The number of carbonyl (C=O) groups excluding carboxylic acids is 1. The summed E-state index contributed by atoms with van der Waals surface area (Å²) in [7, 11) is 0. The molecule has 1 saturated heterocycles. The molecular weight excluding hydrogens is 394 g/mol. The first-order valence-corrected chi connectivity index (χ1v) is 11.3. The zero-order chi connectivity index (χ0) is 20.5. The number of carbonyl (C=O) groups is 1. The monoisotopic (exact) mass is 419 g/mol. The third-order valence-corrected chi connectivity index (χ3v) is 6.80. The second-order valence-corrected chi connectivity index (χ2v) is 9.09. The molecule has 6 heteroatoms. The number of thiazole rings is 1. The average Bonchev–Trinajstić information content (AvgIpc) is 3.18. The average molecular weight is 420 g/mol. The summed E-state index contributed by atoms with van der Waals surface area (Å²) in [6.07, 6.45) is 1.75. The van der Waals surface area contributed by atoms with Crippen LogP contribution in [0.1, 0.15) is 40.7 Å². The van der Waals surface area contributed by atoms with Gasteiger partial charge in [0.1, 0.15) is 11.5 Å². The number of likely N-dealkylation sites (tertiary alicyclic amines) is 1. The topological polar surface area (TPSA) is 54.5 Å². The Morgan fingerprint density at radius 3 is 2.33 bits per heavy atom. The Kier molecular flexibility index (Phi) is 5.27. The van der Waals surface area contributed by atoms with E-state index >= 15 is 0 Å². The summed E-state index contributed by atoms with van der Waals surface area (Å²) in [5, 5.41) is 6.56. The molecule has 3 aromatic rings. The minimum Gasteiger partial charge on any atom is -0.457 e. The molecule has 154 valence electrons. The summed E-state index contributed by atoms with van der Waals surface area (Å²) >= 11 is 1.69. The fraction of sp³-hybridized carbons (Fsp3) is 0.333.